The van der Waals surface area contributed by atoms with Crippen LogP contribution in [0.4, 0.5) is 0 Å². The first-order chi connectivity index (χ1) is 14.3. The lowest BCUT2D eigenvalue weighted by molar-refractivity contribution is -0.138. The molecular weight excluding hydrogens is 406 g/mol. The first-order valence-corrected chi connectivity index (χ1v) is 11.1. The Hall–Kier alpha value is -3.04. The summed E-state index contributed by atoms with van der Waals surface area (Å²) in [6.07, 6.45) is 0.177. The maximum absolute atomic E-state index is 12.9. The highest BCUT2D eigenvalue weighted by Crippen LogP contribution is 2.24. The Labute approximate surface area is 175 Å². The molecule has 2 unspecified atom stereocenters. The smallest absolute Gasteiger partial charge is 0.287 e. The summed E-state index contributed by atoms with van der Waals surface area (Å²) in [5, 5.41) is 2.55. The van der Waals surface area contributed by atoms with E-state index in [9.17, 15) is 22.8 Å². The van der Waals surface area contributed by atoms with Crippen LogP contribution >= 0.6 is 0 Å². The molecular formula is C21H23N3O5S. The molecule has 2 aromatic rings. The summed E-state index contributed by atoms with van der Waals surface area (Å²) in [6, 6.07) is 15.7. The number of primary amides is 1. The summed E-state index contributed by atoms with van der Waals surface area (Å²) in [5.41, 5.74) is 6.63. The van der Waals surface area contributed by atoms with Crippen molar-refractivity contribution in [2.24, 2.45) is 5.73 Å². The Balaban J connectivity index is 1.79. The SMILES string of the molecule is NC(=O)C(=O)C(Cc1ccccc1)NC(=O)C1CCS(=O)(=O)N1Cc1ccccc1. The minimum absolute atomic E-state index is 0.0500. The third kappa shape index (κ3) is 5.11. The topological polar surface area (TPSA) is 127 Å². The van der Waals surface area contributed by atoms with Gasteiger partial charge in [-0.1, -0.05) is 60.7 Å². The predicted octanol–water partition coefficient (Wildman–Crippen LogP) is 0.373. The Morgan fingerprint density at radius 2 is 1.57 bits per heavy atom. The molecule has 0 saturated carbocycles. The number of benzene rings is 2. The molecule has 1 aliphatic heterocycles. The zero-order chi connectivity index (χ0) is 21.7. The van der Waals surface area contributed by atoms with Crippen LogP contribution in [0, 0.1) is 0 Å². The molecule has 1 saturated heterocycles. The molecule has 2 aromatic carbocycles. The van der Waals surface area contributed by atoms with Gasteiger partial charge in [0.15, 0.2) is 0 Å². The lowest BCUT2D eigenvalue weighted by Gasteiger charge is -2.24. The van der Waals surface area contributed by atoms with Crippen molar-refractivity contribution < 1.29 is 22.8 Å². The summed E-state index contributed by atoms with van der Waals surface area (Å²) in [7, 11) is -3.61. The van der Waals surface area contributed by atoms with Gasteiger partial charge in [0.1, 0.15) is 12.1 Å². The van der Waals surface area contributed by atoms with E-state index in [0.717, 1.165) is 15.4 Å². The van der Waals surface area contributed by atoms with Crippen molar-refractivity contribution in [3.8, 4) is 0 Å². The molecule has 0 bridgehead atoms. The number of nitrogens with two attached hydrogens (primary N) is 1. The number of sulfonamides is 1. The van der Waals surface area contributed by atoms with Crippen LogP contribution in [0.3, 0.4) is 0 Å². The molecule has 1 aliphatic rings. The van der Waals surface area contributed by atoms with E-state index >= 15 is 0 Å². The van der Waals surface area contributed by atoms with E-state index in [2.05, 4.69) is 5.32 Å². The fourth-order valence-corrected chi connectivity index (χ4v) is 5.14. The van der Waals surface area contributed by atoms with Gasteiger partial charge in [0.25, 0.3) is 5.91 Å². The van der Waals surface area contributed by atoms with Gasteiger partial charge in [-0.3, -0.25) is 14.4 Å². The van der Waals surface area contributed by atoms with Crippen molar-refractivity contribution in [1.82, 2.24) is 9.62 Å². The van der Waals surface area contributed by atoms with Gasteiger partial charge in [-0.25, -0.2) is 8.42 Å². The molecule has 3 N–H and O–H groups in total. The van der Waals surface area contributed by atoms with E-state index in [1.54, 1.807) is 54.6 Å². The largest absolute Gasteiger partial charge is 0.363 e. The molecule has 0 aliphatic carbocycles. The number of ketones is 1. The number of Topliss-reactive ketones (excluding diaryl/α,β-unsaturated/α-hetero) is 1. The van der Waals surface area contributed by atoms with Gasteiger partial charge in [0, 0.05) is 13.0 Å². The summed E-state index contributed by atoms with van der Waals surface area (Å²) in [4.78, 5) is 36.7. The molecule has 30 heavy (non-hydrogen) atoms. The monoisotopic (exact) mass is 429 g/mol. The minimum Gasteiger partial charge on any atom is -0.363 e. The average Bonchev–Trinajstić information content (AvgIpc) is 3.02. The van der Waals surface area contributed by atoms with Crippen molar-refractivity contribution in [1.29, 1.82) is 0 Å². The third-order valence-corrected chi connectivity index (χ3v) is 6.85. The standard InChI is InChI=1S/C21H23N3O5S/c22-20(26)19(25)17(13-15-7-3-1-4-8-15)23-21(27)18-11-12-30(28,29)24(18)14-16-9-5-2-6-10-16/h1-10,17-18H,11-14H2,(H2,22,26)(H,23,27). The second-order valence-electron chi connectivity index (χ2n) is 7.13. The van der Waals surface area contributed by atoms with Crippen molar-refractivity contribution in [2.45, 2.75) is 31.5 Å². The van der Waals surface area contributed by atoms with Crippen molar-refractivity contribution in [2.75, 3.05) is 5.75 Å². The highest BCUT2D eigenvalue weighted by Gasteiger charge is 2.42. The normalized spacial score (nSPS) is 19.1. The Bertz CT molecular complexity index is 1030. The number of amides is 2. The van der Waals surface area contributed by atoms with E-state index < -0.39 is 39.7 Å². The second-order valence-corrected chi connectivity index (χ2v) is 9.17. The molecule has 158 valence electrons. The molecule has 8 nitrogen and oxygen atoms in total. The zero-order valence-corrected chi connectivity index (χ0v) is 17.0. The fraction of sp³-hybridized carbons (Fsp3) is 0.286. The van der Waals surface area contributed by atoms with E-state index in [0.29, 0.717) is 0 Å². The molecule has 2 atom stereocenters. The van der Waals surface area contributed by atoms with E-state index in [1.165, 1.54) is 0 Å². The van der Waals surface area contributed by atoms with Crippen LogP contribution in [-0.2, 0) is 37.4 Å². The molecule has 1 heterocycles. The minimum atomic E-state index is -3.61. The fourth-order valence-electron chi connectivity index (χ4n) is 3.45. The van der Waals surface area contributed by atoms with Crippen LogP contribution in [0.2, 0.25) is 0 Å². The summed E-state index contributed by atoms with van der Waals surface area (Å²) in [6.45, 7) is 0.0500. The molecule has 0 spiro atoms. The third-order valence-electron chi connectivity index (χ3n) is 5.00. The highest BCUT2D eigenvalue weighted by molar-refractivity contribution is 7.89. The highest BCUT2D eigenvalue weighted by atomic mass is 32.2. The quantitative estimate of drug-likeness (QED) is 0.587. The molecule has 9 heteroatoms. The van der Waals surface area contributed by atoms with Gasteiger partial charge >= 0.3 is 0 Å². The lowest BCUT2D eigenvalue weighted by atomic mass is 10.0. The summed E-state index contributed by atoms with van der Waals surface area (Å²) < 4.78 is 26.2. The van der Waals surface area contributed by atoms with Crippen LogP contribution in [-0.4, -0.2) is 48.2 Å². The summed E-state index contributed by atoms with van der Waals surface area (Å²) in [5.74, 6) is -2.87. The Morgan fingerprint density at radius 3 is 2.13 bits per heavy atom. The number of nitrogens with one attached hydrogen (secondary N) is 1. The van der Waals surface area contributed by atoms with Crippen LogP contribution in [0.1, 0.15) is 17.5 Å². The summed E-state index contributed by atoms with van der Waals surface area (Å²) >= 11 is 0. The van der Waals surface area contributed by atoms with Gasteiger partial charge in [0.05, 0.1) is 5.75 Å². The number of hydrogen-bond acceptors (Lipinski definition) is 5. The van der Waals surface area contributed by atoms with Gasteiger partial charge in [-0.05, 0) is 17.5 Å². The van der Waals surface area contributed by atoms with Gasteiger partial charge in [0.2, 0.25) is 21.7 Å². The van der Waals surface area contributed by atoms with Crippen molar-refractivity contribution >= 4 is 27.6 Å². The number of rotatable bonds is 8. The van der Waals surface area contributed by atoms with Crippen molar-refractivity contribution in [3.63, 3.8) is 0 Å². The zero-order valence-electron chi connectivity index (χ0n) is 16.2. The van der Waals surface area contributed by atoms with Crippen LogP contribution < -0.4 is 11.1 Å². The maximum Gasteiger partial charge on any atom is 0.287 e. The number of hydrogen-bond donors (Lipinski definition) is 2. The van der Waals surface area contributed by atoms with Gasteiger partial charge in [-0.2, -0.15) is 4.31 Å². The van der Waals surface area contributed by atoms with Crippen LogP contribution in [0.15, 0.2) is 60.7 Å². The van der Waals surface area contributed by atoms with Gasteiger partial charge < -0.3 is 11.1 Å². The number of carbonyl (C=O) groups excluding carboxylic acids is 3. The predicted molar refractivity (Wildman–Crippen MR) is 110 cm³/mol. The Kier molecular flexibility index (Phi) is 6.63. The number of nitrogens with zero attached hydrogens (tertiary/aromatic N) is 1. The lowest BCUT2D eigenvalue weighted by Crippen LogP contribution is -2.52. The van der Waals surface area contributed by atoms with E-state index in [1.807, 2.05) is 6.07 Å². The average molecular weight is 429 g/mol. The molecule has 3 rings (SSSR count). The van der Waals surface area contributed by atoms with E-state index in [4.69, 9.17) is 5.73 Å². The Morgan fingerprint density at radius 1 is 1.00 bits per heavy atom. The molecule has 2 amide bonds. The van der Waals surface area contributed by atoms with Crippen molar-refractivity contribution in [3.05, 3.63) is 71.8 Å². The second kappa shape index (κ2) is 9.19. The first-order valence-electron chi connectivity index (χ1n) is 9.49. The molecule has 0 aromatic heterocycles. The number of carbonyl (C=O) groups is 3. The van der Waals surface area contributed by atoms with Crippen LogP contribution in [0.25, 0.3) is 0 Å². The maximum atomic E-state index is 12.9. The molecule has 1 fully saturated rings. The van der Waals surface area contributed by atoms with Gasteiger partial charge in [-0.15, -0.1) is 0 Å². The van der Waals surface area contributed by atoms with E-state index in [-0.39, 0.29) is 25.1 Å². The van der Waals surface area contributed by atoms with Crippen LogP contribution in [0.5, 0.6) is 0 Å². The molecule has 0 radical (unpaired) electrons. The first kappa shape index (κ1) is 21.7.